The van der Waals surface area contributed by atoms with Gasteiger partial charge in [0.15, 0.2) is 0 Å². The zero-order chi connectivity index (χ0) is 22.7. The van der Waals surface area contributed by atoms with Gasteiger partial charge in [0, 0.05) is 17.8 Å². The Morgan fingerprint density at radius 2 is 1.39 bits per heavy atom. The molecule has 0 spiro atoms. The maximum Gasteiger partial charge on any atom is 0.542 e. The van der Waals surface area contributed by atoms with Crippen LogP contribution in [0.25, 0.3) is 16.9 Å². The van der Waals surface area contributed by atoms with E-state index in [2.05, 4.69) is 15.1 Å². The Kier molecular flexibility index (Phi) is 5.55. The van der Waals surface area contributed by atoms with Gasteiger partial charge in [-0.05, 0) is 55.0 Å². The molecule has 0 amide bonds. The summed E-state index contributed by atoms with van der Waals surface area (Å²) >= 11 is 0. The summed E-state index contributed by atoms with van der Waals surface area (Å²) in [6.07, 6.45) is 3.32. The Labute approximate surface area is 191 Å². The molecule has 0 fully saturated rings. The number of rotatable bonds is 7. The van der Waals surface area contributed by atoms with E-state index in [1.165, 1.54) is 0 Å². The van der Waals surface area contributed by atoms with Crippen LogP contribution in [0.15, 0.2) is 103 Å². The molecule has 0 aliphatic rings. The van der Waals surface area contributed by atoms with Gasteiger partial charge in [-0.2, -0.15) is 0 Å². The zero-order valence-electron chi connectivity index (χ0n) is 17.8. The van der Waals surface area contributed by atoms with Crippen molar-refractivity contribution in [3.8, 4) is 17.4 Å². The van der Waals surface area contributed by atoms with Crippen LogP contribution in [0.1, 0.15) is 5.56 Å². The first-order valence-corrected chi connectivity index (χ1v) is 11.9. The van der Waals surface area contributed by atoms with Crippen molar-refractivity contribution >= 4 is 24.5 Å². The summed E-state index contributed by atoms with van der Waals surface area (Å²) < 4.78 is 27.6. The van der Waals surface area contributed by atoms with Crippen molar-refractivity contribution in [2.45, 2.75) is 6.92 Å². The second-order valence-electron chi connectivity index (χ2n) is 7.39. The van der Waals surface area contributed by atoms with Crippen LogP contribution in [0.4, 0.5) is 5.82 Å². The molecule has 0 saturated carbocycles. The van der Waals surface area contributed by atoms with Crippen LogP contribution >= 0.6 is 7.75 Å². The van der Waals surface area contributed by atoms with Crippen molar-refractivity contribution in [2.24, 2.45) is 0 Å². The number of aryl methyl sites for hydroxylation is 1. The minimum atomic E-state index is -3.93. The Morgan fingerprint density at radius 3 is 2.00 bits per heavy atom. The number of nitrogens with one attached hydrogen (secondary N) is 1. The van der Waals surface area contributed by atoms with Gasteiger partial charge in [-0.25, -0.2) is 14.5 Å². The minimum absolute atomic E-state index is 0.415. The number of nitrogens with zero attached hydrogens (tertiary/aromatic N) is 3. The van der Waals surface area contributed by atoms with Gasteiger partial charge in [0.05, 0.1) is 5.52 Å². The number of hydrogen-bond acceptors (Lipinski definition) is 5. The SMILES string of the molecule is Cc1ccc2cc(NP(=O)(Oc3ccccc3)Oc3ccccc3)n(-c3ncccn3)c2c1. The topological polar surface area (TPSA) is 78.3 Å². The largest absolute Gasteiger partial charge is 0.542 e. The van der Waals surface area contributed by atoms with Crippen LogP contribution in [0, 0.1) is 6.92 Å². The van der Waals surface area contributed by atoms with Gasteiger partial charge >= 0.3 is 7.75 Å². The summed E-state index contributed by atoms with van der Waals surface area (Å²) in [7, 11) is -3.93. The molecule has 8 heteroatoms. The van der Waals surface area contributed by atoms with E-state index < -0.39 is 7.75 Å². The van der Waals surface area contributed by atoms with Crippen LogP contribution in [0.2, 0.25) is 0 Å². The Balaban J connectivity index is 1.62. The van der Waals surface area contributed by atoms with Crippen LogP contribution < -0.4 is 14.1 Å². The summed E-state index contributed by atoms with van der Waals surface area (Å²) in [5, 5.41) is 3.95. The van der Waals surface area contributed by atoms with E-state index in [0.29, 0.717) is 23.3 Å². The Hall–Kier alpha value is -4.09. The number of fused-ring (bicyclic) bond motifs is 1. The number of benzene rings is 3. The van der Waals surface area contributed by atoms with E-state index in [-0.39, 0.29) is 0 Å². The van der Waals surface area contributed by atoms with Crippen molar-refractivity contribution in [3.05, 3.63) is 109 Å². The fraction of sp³-hybridized carbons (Fsp3) is 0.0400. The van der Waals surface area contributed by atoms with Crippen molar-refractivity contribution < 1.29 is 13.6 Å². The van der Waals surface area contributed by atoms with Gasteiger partial charge in [-0.3, -0.25) is 9.65 Å². The van der Waals surface area contributed by atoms with E-state index in [0.717, 1.165) is 16.5 Å². The van der Waals surface area contributed by atoms with Crippen LogP contribution in [0.5, 0.6) is 11.5 Å². The lowest BCUT2D eigenvalue weighted by atomic mass is 10.2. The van der Waals surface area contributed by atoms with E-state index in [1.807, 2.05) is 43.3 Å². The third kappa shape index (κ3) is 4.59. The maximum absolute atomic E-state index is 14.0. The highest BCUT2D eigenvalue weighted by atomic mass is 31.2. The molecule has 33 heavy (non-hydrogen) atoms. The van der Waals surface area contributed by atoms with Crippen molar-refractivity contribution in [1.29, 1.82) is 0 Å². The number of hydrogen-bond donors (Lipinski definition) is 1. The first-order valence-electron chi connectivity index (χ1n) is 10.4. The first-order chi connectivity index (χ1) is 16.1. The normalized spacial score (nSPS) is 11.3. The zero-order valence-corrected chi connectivity index (χ0v) is 18.7. The molecule has 5 aromatic rings. The van der Waals surface area contributed by atoms with Gasteiger partial charge in [-0.15, -0.1) is 0 Å². The van der Waals surface area contributed by atoms with Crippen molar-refractivity contribution in [3.63, 3.8) is 0 Å². The molecule has 0 bridgehead atoms. The van der Waals surface area contributed by atoms with Gasteiger partial charge in [-0.1, -0.05) is 48.5 Å². The highest BCUT2D eigenvalue weighted by Crippen LogP contribution is 2.49. The molecule has 2 aromatic heterocycles. The molecule has 3 aromatic carbocycles. The molecule has 0 atom stereocenters. The van der Waals surface area contributed by atoms with Gasteiger partial charge < -0.3 is 9.05 Å². The highest BCUT2D eigenvalue weighted by Gasteiger charge is 2.31. The summed E-state index contributed by atoms with van der Waals surface area (Å²) in [6, 6.07) is 27.5. The molecule has 7 nitrogen and oxygen atoms in total. The fourth-order valence-electron chi connectivity index (χ4n) is 3.46. The molecule has 0 aliphatic heterocycles. The van der Waals surface area contributed by atoms with Gasteiger partial charge in [0.25, 0.3) is 0 Å². The standard InChI is InChI=1S/C25H21N4O3P/c1-19-13-14-20-18-24(29(23(20)17-19)25-26-15-8-16-27-25)28-33(30,31-21-9-4-2-5-10-21)32-22-11-6-3-7-12-22/h2-18H,1H3,(H,28,30). The average Bonchev–Trinajstić information content (AvgIpc) is 3.17. The summed E-state index contributed by atoms with van der Waals surface area (Å²) in [5.41, 5.74) is 1.95. The van der Waals surface area contributed by atoms with Crippen molar-refractivity contribution in [1.82, 2.24) is 14.5 Å². The average molecular weight is 456 g/mol. The molecule has 0 saturated heterocycles. The predicted octanol–water partition coefficient (Wildman–Crippen LogP) is 6.41. The maximum atomic E-state index is 14.0. The molecule has 1 N–H and O–H groups in total. The van der Waals surface area contributed by atoms with E-state index >= 15 is 0 Å². The molecule has 0 aliphatic carbocycles. The minimum Gasteiger partial charge on any atom is -0.400 e. The smallest absolute Gasteiger partial charge is 0.400 e. The van der Waals surface area contributed by atoms with Crippen molar-refractivity contribution in [2.75, 3.05) is 5.09 Å². The number of para-hydroxylation sites is 2. The fourth-order valence-corrected chi connectivity index (χ4v) is 4.83. The molecule has 0 radical (unpaired) electrons. The Bertz CT molecular complexity index is 1380. The second-order valence-corrected chi connectivity index (χ2v) is 8.98. The van der Waals surface area contributed by atoms with Crippen LogP contribution in [-0.2, 0) is 4.57 Å². The highest BCUT2D eigenvalue weighted by molar-refractivity contribution is 7.56. The van der Waals surface area contributed by atoms with Gasteiger partial charge in [0.2, 0.25) is 5.95 Å². The molecular weight excluding hydrogens is 435 g/mol. The summed E-state index contributed by atoms with van der Waals surface area (Å²) in [4.78, 5) is 8.80. The van der Waals surface area contributed by atoms with Crippen LogP contribution in [0.3, 0.4) is 0 Å². The van der Waals surface area contributed by atoms with Gasteiger partial charge in [0.1, 0.15) is 17.3 Å². The lowest BCUT2D eigenvalue weighted by Crippen LogP contribution is -2.13. The third-order valence-electron chi connectivity index (χ3n) is 4.90. The molecule has 0 unspecified atom stereocenters. The molecule has 2 heterocycles. The van der Waals surface area contributed by atoms with E-state index in [4.69, 9.17) is 9.05 Å². The number of aromatic nitrogens is 3. The summed E-state index contributed by atoms with van der Waals surface area (Å²) in [5.74, 6) is 1.75. The molecular formula is C25H21N4O3P. The monoisotopic (exact) mass is 456 g/mol. The lowest BCUT2D eigenvalue weighted by Gasteiger charge is -2.21. The Morgan fingerprint density at radius 1 is 0.788 bits per heavy atom. The third-order valence-corrected chi connectivity index (χ3v) is 6.31. The number of anilines is 1. The summed E-state index contributed by atoms with van der Waals surface area (Å²) in [6.45, 7) is 2.01. The lowest BCUT2D eigenvalue weighted by molar-refractivity contribution is 0.392. The first kappa shape index (κ1) is 20.8. The second kappa shape index (κ2) is 8.81. The van der Waals surface area contributed by atoms with Crippen LogP contribution in [-0.4, -0.2) is 14.5 Å². The van der Waals surface area contributed by atoms with E-state index in [1.54, 1.807) is 71.6 Å². The molecule has 5 rings (SSSR count). The van der Waals surface area contributed by atoms with E-state index in [9.17, 15) is 4.57 Å². The molecule has 164 valence electrons. The predicted molar refractivity (Wildman–Crippen MR) is 129 cm³/mol. The quantitative estimate of drug-likeness (QED) is 0.285.